The second-order valence-corrected chi connectivity index (χ2v) is 17.5. The fraction of sp³-hybridized carbons (Fsp3) is 0.756. The van der Waals surface area contributed by atoms with Crippen LogP contribution in [0, 0.1) is 27.9 Å². The molecule has 0 radical (unpaired) electrons. The summed E-state index contributed by atoms with van der Waals surface area (Å²) in [4.78, 5) is 43.1. The van der Waals surface area contributed by atoms with Gasteiger partial charge in [0, 0.05) is 37.2 Å². The zero-order chi connectivity index (χ0) is 44.5. The van der Waals surface area contributed by atoms with E-state index in [0.717, 1.165) is 5.57 Å². The highest BCUT2D eigenvalue weighted by Gasteiger charge is 2.52. The molecule has 18 heteroatoms. The zero-order valence-electron chi connectivity index (χ0n) is 35.6. The van der Waals surface area contributed by atoms with E-state index < -0.39 is 118 Å². The van der Waals surface area contributed by atoms with Crippen molar-refractivity contribution < 1.29 is 66.7 Å². The molecule has 334 valence electrons. The van der Waals surface area contributed by atoms with E-state index >= 15 is 0 Å². The molecule has 0 spiro atoms. The van der Waals surface area contributed by atoms with Crippen molar-refractivity contribution in [2.45, 2.75) is 147 Å². The number of nitrogens with zero attached hydrogens (tertiary/aromatic N) is 3. The number of rotatable bonds is 7. The van der Waals surface area contributed by atoms with Gasteiger partial charge in [0.1, 0.15) is 35.6 Å². The molecule has 15 atom stereocenters. The lowest BCUT2D eigenvalue weighted by molar-refractivity contribution is -0.385. The van der Waals surface area contributed by atoms with Crippen molar-refractivity contribution >= 4 is 17.6 Å². The molecule has 2 unspecified atom stereocenters. The number of esters is 2. The molecule has 59 heavy (non-hydrogen) atoms. The second kappa shape index (κ2) is 18.8. The quantitative estimate of drug-likeness (QED) is 0.148. The first-order chi connectivity index (χ1) is 27.2. The highest BCUT2D eigenvalue weighted by molar-refractivity contribution is 5.94. The lowest BCUT2D eigenvalue weighted by Crippen LogP contribution is -2.59. The molecule has 0 aromatic heterocycles. The van der Waals surface area contributed by atoms with Crippen LogP contribution in [0.25, 0.3) is 0 Å². The summed E-state index contributed by atoms with van der Waals surface area (Å²) in [5.74, 6) is -5.33. The fourth-order valence-corrected chi connectivity index (χ4v) is 9.06. The van der Waals surface area contributed by atoms with Crippen molar-refractivity contribution in [3.63, 3.8) is 0 Å². The van der Waals surface area contributed by atoms with Gasteiger partial charge < -0.3 is 43.9 Å². The number of aliphatic hydroxyl groups is 3. The zero-order valence-corrected chi connectivity index (χ0v) is 35.6. The molecule has 3 saturated heterocycles. The maximum atomic E-state index is 14.3. The van der Waals surface area contributed by atoms with Crippen LogP contribution in [0.2, 0.25) is 0 Å². The van der Waals surface area contributed by atoms with Gasteiger partial charge in [0.05, 0.1) is 40.8 Å². The smallest absolute Gasteiger partial charge is 0.416 e. The van der Waals surface area contributed by atoms with Gasteiger partial charge in [0.25, 0.3) is 5.69 Å². The third-order valence-electron chi connectivity index (χ3n) is 12.1. The largest absolute Gasteiger partial charge is 0.459 e. The molecule has 1 aromatic carbocycles. The van der Waals surface area contributed by atoms with E-state index in [9.17, 15) is 48.2 Å². The van der Waals surface area contributed by atoms with E-state index in [-0.39, 0.29) is 31.4 Å². The summed E-state index contributed by atoms with van der Waals surface area (Å²) in [7, 11) is 3.57. The normalized spacial score (nSPS) is 39.4. The predicted molar refractivity (Wildman–Crippen MR) is 208 cm³/mol. The molecule has 3 aliphatic heterocycles. The molecule has 0 amide bonds. The van der Waals surface area contributed by atoms with Gasteiger partial charge >= 0.3 is 18.1 Å². The van der Waals surface area contributed by atoms with E-state index in [1.165, 1.54) is 27.7 Å². The Morgan fingerprint density at radius 1 is 1.15 bits per heavy atom. The van der Waals surface area contributed by atoms with Crippen LogP contribution in [0.5, 0.6) is 0 Å². The first kappa shape index (κ1) is 48.4. The molecular formula is C41H62F3N3O12. The van der Waals surface area contributed by atoms with Gasteiger partial charge in [-0.25, -0.2) is 4.79 Å². The van der Waals surface area contributed by atoms with Crippen molar-refractivity contribution in [1.29, 1.82) is 0 Å². The van der Waals surface area contributed by atoms with Gasteiger partial charge in [-0.05, 0) is 91.6 Å². The van der Waals surface area contributed by atoms with Crippen LogP contribution < -0.4 is 0 Å². The van der Waals surface area contributed by atoms with Crippen LogP contribution in [-0.4, -0.2) is 142 Å². The van der Waals surface area contributed by atoms with Crippen LogP contribution in [0.1, 0.15) is 90.6 Å². The van der Waals surface area contributed by atoms with Crippen LogP contribution in [-0.2, 0) is 34.7 Å². The number of fused-ring (bicyclic) bond motifs is 2. The van der Waals surface area contributed by atoms with Crippen LogP contribution in [0.15, 0.2) is 30.4 Å². The fourth-order valence-electron chi connectivity index (χ4n) is 9.06. The second-order valence-electron chi connectivity index (χ2n) is 17.5. The predicted octanol–water partition coefficient (Wildman–Crippen LogP) is 4.73. The number of halogens is 3. The molecule has 0 saturated carbocycles. The standard InChI is InChI=1S/C41H62F3N3O12/c1-12-31-40(9,52)35-26(7)46(19-22(3)20-55-35)18-21(2)17-39(8,51)34(59-38-32(48)30(45(10)11)15-23(4)56-38)24(5)33(25(6)36(49)57-31)58-37(50)28-14-13-27(41(42,43)44)16-29(28)47(53)54/h13-14,16,21,23-26,30-35,38,48,51-52H,3,12,15,17-20H2,1-2,4-11H3/t21-,23-,24+,25-,26-,30+,31-,32-,33?,34-,35+,38+,39-,40-/m1/s1. The summed E-state index contributed by atoms with van der Waals surface area (Å²) in [6, 6.07) is 0.475. The van der Waals surface area contributed by atoms with E-state index in [4.69, 9.17) is 23.7 Å². The number of nitro groups is 1. The number of likely N-dealkylation sites (N-methyl/N-ethyl adjacent to an activating group) is 1. The molecule has 3 heterocycles. The van der Waals surface area contributed by atoms with Gasteiger partial charge in [0.15, 0.2) is 6.29 Å². The monoisotopic (exact) mass is 845 g/mol. The Labute approximate surface area is 343 Å². The Hall–Kier alpha value is -3.23. The lowest BCUT2D eigenvalue weighted by Gasteiger charge is -2.47. The highest BCUT2D eigenvalue weighted by Crippen LogP contribution is 2.40. The Morgan fingerprint density at radius 3 is 2.37 bits per heavy atom. The maximum absolute atomic E-state index is 14.3. The Kier molecular flexibility index (Phi) is 15.4. The number of nitro benzene ring substituents is 1. The maximum Gasteiger partial charge on any atom is 0.416 e. The number of aliphatic hydroxyl groups excluding tert-OH is 1. The summed E-state index contributed by atoms with van der Waals surface area (Å²) < 4.78 is 71.6. The average molecular weight is 846 g/mol. The van der Waals surface area contributed by atoms with Gasteiger partial charge in [0.2, 0.25) is 0 Å². The van der Waals surface area contributed by atoms with Gasteiger partial charge in [-0.15, -0.1) is 0 Å². The van der Waals surface area contributed by atoms with Crippen molar-refractivity contribution in [3.05, 3.63) is 51.6 Å². The number of carbonyl (C=O) groups excluding carboxylic acids is 2. The van der Waals surface area contributed by atoms with E-state index in [0.29, 0.717) is 31.6 Å². The molecule has 2 bridgehead atoms. The number of alkyl halides is 3. The molecule has 3 N–H and O–H groups in total. The molecule has 15 nitrogen and oxygen atoms in total. The Bertz CT molecular complexity index is 1670. The summed E-state index contributed by atoms with van der Waals surface area (Å²) in [5.41, 5.74) is -6.24. The Balaban J connectivity index is 1.90. The average Bonchev–Trinajstić information content (AvgIpc) is 3.27. The summed E-state index contributed by atoms with van der Waals surface area (Å²) in [6.45, 7) is 18.2. The van der Waals surface area contributed by atoms with Crippen LogP contribution >= 0.6 is 0 Å². The molecule has 3 fully saturated rings. The number of cyclic esters (lactones) is 1. The van der Waals surface area contributed by atoms with Gasteiger partial charge in [-0.2, -0.15) is 13.2 Å². The van der Waals surface area contributed by atoms with Crippen LogP contribution in [0.3, 0.4) is 0 Å². The summed E-state index contributed by atoms with van der Waals surface area (Å²) in [6.07, 6.45) is -12.4. The number of carbonyl (C=O) groups is 2. The lowest BCUT2D eigenvalue weighted by atomic mass is 9.77. The summed E-state index contributed by atoms with van der Waals surface area (Å²) >= 11 is 0. The van der Waals surface area contributed by atoms with Crippen molar-refractivity contribution in [2.75, 3.05) is 33.8 Å². The minimum Gasteiger partial charge on any atom is -0.459 e. The van der Waals surface area contributed by atoms with Gasteiger partial charge in [-0.1, -0.05) is 27.4 Å². The van der Waals surface area contributed by atoms with Gasteiger partial charge in [-0.3, -0.25) is 19.8 Å². The van der Waals surface area contributed by atoms with Crippen LogP contribution in [0.4, 0.5) is 18.9 Å². The molecule has 4 rings (SSSR count). The minimum atomic E-state index is -4.96. The first-order valence-corrected chi connectivity index (χ1v) is 20.1. The topological polar surface area (TPSA) is 191 Å². The number of hydrogen-bond donors (Lipinski definition) is 3. The Morgan fingerprint density at radius 2 is 1.80 bits per heavy atom. The third-order valence-corrected chi connectivity index (χ3v) is 12.1. The van der Waals surface area contributed by atoms with E-state index in [2.05, 4.69) is 11.5 Å². The van der Waals surface area contributed by atoms with Crippen molar-refractivity contribution in [1.82, 2.24) is 9.80 Å². The first-order valence-electron chi connectivity index (χ1n) is 20.1. The third kappa shape index (κ3) is 11.0. The summed E-state index contributed by atoms with van der Waals surface area (Å²) in [5, 5.41) is 48.3. The molecular weight excluding hydrogens is 783 g/mol. The molecule has 3 aliphatic rings. The van der Waals surface area contributed by atoms with E-state index in [1.54, 1.807) is 27.9 Å². The molecule has 0 aliphatic carbocycles. The highest BCUT2D eigenvalue weighted by atomic mass is 19.4. The van der Waals surface area contributed by atoms with Crippen molar-refractivity contribution in [2.24, 2.45) is 17.8 Å². The number of hydrogen-bond acceptors (Lipinski definition) is 14. The molecule has 1 aromatic rings. The minimum absolute atomic E-state index is 0.0382. The van der Waals surface area contributed by atoms with E-state index in [1.807, 2.05) is 18.7 Å². The number of benzene rings is 1. The van der Waals surface area contributed by atoms with Crippen molar-refractivity contribution in [3.8, 4) is 0 Å². The SMILES string of the molecule is C=C1CO[C@H]2[C@@H](C)N(C1)C[C@H](C)C[C@@](C)(O)[C@H](O[C@@H]1O[C@H](C)C[C@H](N(C)C)[C@H]1O)[C@@H](C)C(OC(=O)c1ccc(C(F)(F)F)cc1[N+](=O)[O-])[C@@H](C)C(=O)O[C@H](CC)[C@@]2(C)O. The number of ether oxygens (including phenoxy) is 5.